The quantitative estimate of drug-likeness (QED) is 0.822. The predicted molar refractivity (Wildman–Crippen MR) is 98.7 cm³/mol. The molecule has 0 atom stereocenters. The number of halogens is 1. The number of piperazine rings is 1. The van der Waals surface area contributed by atoms with Crippen molar-refractivity contribution in [3.63, 3.8) is 0 Å². The Labute approximate surface area is 154 Å². The van der Waals surface area contributed by atoms with E-state index in [1.54, 1.807) is 12.1 Å². The first-order valence-electron chi connectivity index (χ1n) is 9.45. The molecule has 140 valence electrons. The van der Waals surface area contributed by atoms with Gasteiger partial charge in [-0.05, 0) is 42.5 Å². The summed E-state index contributed by atoms with van der Waals surface area (Å²) in [7, 11) is 3.56. The molecule has 2 aromatic rings. The Morgan fingerprint density at radius 2 is 1.81 bits per heavy atom. The predicted octanol–water partition coefficient (Wildman–Crippen LogP) is 2.37. The molecule has 0 radical (unpaired) electrons. The number of benzene rings is 1. The van der Waals surface area contributed by atoms with Gasteiger partial charge in [0.05, 0.1) is 12.8 Å². The molecule has 1 aliphatic heterocycles. The number of ether oxygens (including phenoxy) is 1. The molecule has 26 heavy (non-hydrogen) atoms. The Bertz CT molecular complexity index is 780. The Hall–Kier alpha value is -1.92. The van der Waals surface area contributed by atoms with Gasteiger partial charge in [-0.25, -0.2) is 4.39 Å². The zero-order valence-corrected chi connectivity index (χ0v) is 15.7. The number of rotatable bonds is 5. The summed E-state index contributed by atoms with van der Waals surface area (Å²) in [5, 5.41) is 4.75. The molecular weight excluding hydrogens is 331 g/mol. The summed E-state index contributed by atoms with van der Waals surface area (Å²) in [6.45, 7) is 5.81. The van der Waals surface area contributed by atoms with Crippen molar-refractivity contribution >= 4 is 0 Å². The largest absolute Gasteiger partial charge is 0.494 e. The molecule has 6 heteroatoms. The van der Waals surface area contributed by atoms with Crippen LogP contribution in [0, 0.1) is 5.82 Å². The van der Waals surface area contributed by atoms with Gasteiger partial charge < -0.3 is 4.74 Å². The number of methoxy groups -OCH3 is 1. The minimum absolute atomic E-state index is 0.285. The fourth-order valence-corrected chi connectivity index (χ4v) is 4.21. The van der Waals surface area contributed by atoms with Gasteiger partial charge in [0.2, 0.25) is 0 Å². The van der Waals surface area contributed by atoms with Crippen LogP contribution < -0.4 is 4.74 Å². The highest BCUT2D eigenvalue weighted by molar-refractivity contribution is 5.31. The average molecular weight is 358 g/mol. The first-order valence-corrected chi connectivity index (χ1v) is 9.45. The second-order valence-corrected chi connectivity index (χ2v) is 7.37. The van der Waals surface area contributed by atoms with E-state index in [9.17, 15) is 4.39 Å². The van der Waals surface area contributed by atoms with Crippen LogP contribution in [0.15, 0.2) is 18.2 Å². The zero-order valence-electron chi connectivity index (χ0n) is 15.7. The highest BCUT2D eigenvalue weighted by Crippen LogP contribution is 2.26. The first kappa shape index (κ1) is 17.5. The van der Waals surface area contributed by atoms with Crippen molar-refractivity contribution in [1.29, 1.82) is 0 Å². The molecular formula is C20H27FN4O. The summed E-state index contributed by atoms with van der Waals surface area (Å²) in [6, 6.07) is 5.25. The topological polar surface area (TPSA) is 33.5 Å². The lowest BCUT2D eigenvalue weighted by atomic mass is 10.1. The number of hydrogen-bond acceptors (Lipinski definition) is 4. The summed E-state index contributed by atoms with van der Waals surface area (Å²) in [5.41, 5.74) is 5.19. The van der Waals surface area contributed by atoms with Crippen LogP contribution in [-0.4, -0.2) is 52.9 Å². The van der Waals surface area contributed by atoms with Crippen molar-refractivity contribution in [2.45, 2.75) is 32.4 Å². The minimum atomic E-state index is -0.285. The van der Waals surface area contributed by atoms with E-state index in [1.807, 2.05) is 6.07 Å². The van der Waals surface area contributed by atoms with Gasteiger partial charge in [0.25, 0.3) is 0 Å². The molecule has 1 fully saturated rings. The lowest BCUT2D eigenvalue weighted by Gasteiger charge is -2.34. The monoisotopic (exact) mass is 358 g/mol. The summed E-state index contributed by atoms with van der Waals surface area (Å²) < 4.78 is 20.9. The Kier molecular flexibility index (Phi) is 4.96. The molecule has 1 aromatic heterocycles. The molecule has 0 amide bonds. The van der Waals surface area contributed by atoms with Gasteiger partial charge in [-0.1, -0.05) is 6.07 Å². The van der Waals surface area contributed by atoms with E-state index in [0.29, 0.717) is 5.75 Å². The van der Waals surface area contributed by atoms with E-state index in [0.717, 1.165) is 44.8 Å². The normalized spacial score (nSPS) is 18.3. The van der Waals surface area contributed by atoms with Crippen molar-refractivity contribution in [3.8, 4) is 5.75 Å². The zero-order chi connectivity index (χ0) is 18.1. The van der Waals surface area contributed by atoms with Crippen molar-refractivity contribution < 1.29 is 9.13 Å². The Morgan fingerprint density at radius 1 is 1.08 bits per heavy atom. The first-order chi connectivity index (χ1) is 12.6. The maximum atomic E-state index is 13.9. The molecule has 0 N–H and O–H groups in total. The van der Waals surface area contributed by atoms with Crippen LogP contribution in [0.3, 0.4) is 0 Å². The van der Waals surface area contributed by atoms with Crippen molar-refractivity contribution in [2.24, 2.45) is 7.05 Å². The van der Waals surface area contributed by atoms with E-state index >= 15 is 0 Å². The van der Waals surface area contributed by atoms with Crippen LogP contribution in [0.5, 0.6) is 5.75 Å². The van der Waals surface area contributed by atoms with Gasteiger partial charge in [0.15, 0.2) is 11.6 Å². The third-order valence-electron chi connectivity index (χ3n) is 5.66. The number of nitrogens with zero attached hydrogens (tertiary/aromatic N) is 4. The number of aromatic nitrogens is 2. The van der Waals surface area contributed by atoms with Crippen LogP contribution in [-0.2, 0) is 33.0 Å². The fourth-order valence-electron chi connectivity index (χ4n) is 4.21. The highest BCUT2D eigenvalue weighted by Gasteiger charge is 2.24. The third kappa shape index (κ3) is 3.48. The van der Waals surface area contributed by atoms with Crippen LogP contribution in [0.4, 0.5) is 4.39 Å². The molecule has 0 spiro atoms. The lowest BCUT2D eigenvalue weighted by molar-refractivity contribution is 0.120. The standard InChI is InChI=1S/C20H27FN4O/c1-23-19-5-3-4-16(19)18(22-23)14-25-10-8-24(9-11-25)13-15-6-7-20(26-2)17(21)12-15/h6-7,12H,3-5,8-11,13-14H2,1-2H3. The molecule has 2 heterocycles. The van der Waals surface area contributed by atoms with Crippen LogP contribution in [0.1, 0.15) is 28.9 Å². The third-order valence-corrected chi connectivity index (χ3v) is 5.66. The molecule has 5 nitrogen and oxygen atoms in total. The van der Waals surface area contributed by atoms with Gasteiger partial charge in [0, 0.05) is 52.0 Å². The summed E-state index contributed by atoms with van der Waals surface area (Å²) in [6.07, 6.45) is 3.62. The van der Waals surface area contributed by atoms with E-state index in [4.69, 9.17) is 9.84 Å². The van der Waals surface area contributed by atoms with Gasteiger partial charge >= 0.3 is 0 Å². The van der Waals surface area contributed by atoms with Crippen molar-refractivity contribution in [3.05, 3.63) is 46.5 Å². The second kappa shape index (κ2) is 7.37. The highest BCUT2D eigenvalue weighted by atomic mass is 19.1. The lowest BCUT2D eigenvalue weighted by Crippen LogP contribution is -2.45. The SMILES string of the molecule is COc1ccc(CN2CCN(Cc3nn(C)c4c3CCC4)CC2)cc1F. The molecule has 4 rings (SSSR count). The van der Waals surface area contributed by atoms with E-state index < -0.39 is 0 Å². The van der Waals surface area contributed by atoms with E-state index in [1.165, 1.54) is 43.3 Å². The summed E-state index contributed by atoms with van der Waals surface area (Å²) >= 11 is 0. The number of hydrogen-bond donors (Lipinski definition) is 0. The van der Waals surface area contributed by atoms with Gasteiger partial charge in [-0.15, -0.1) is 0 Å². The molecule has 1 aromatic carbocycles. The summed E-state index contributed by atoms with van der Waals surface area (Å²) in [5.74, 6) is 0.0223. The average Bonchev–Trinajstić information content (AvgIpc) is 3.22. The van der Waals surface area contributed by atoms with E-state index in [-0.39, 0.29) is 5.82 Å². The number of fused-ring (bicyclic) bond motifs is 1. The molecule has 0 saturated carbocycles. The Balaban J connectivity index is 1.32. The minimum Gasteiger partial charge on any atom is -0.494 e. The van der Waals surface area contributed by atoms with E-state index in [2.05, 4.69) is 21.5 Å². The Morgan fingerprint density at radius 3 is 2.50 bits per heavy atom. The molecule has 1 saturated heterocycles. The van der Waals surface area contributed by atoms with Gasteiger partial charge in [-0.3, -0.25) is 14.5 Å². The van der Waals surface area contributed by atoms with Gasteiger partial charge in [-0.2, -0.15) is 5.10 Å². The summed E-state index contributed by atoms with van der Waals surface area (Å²) in [4.78, 5) is 4.88. The molecule has 1 aliphatic carbocycles. The smallest absolute Gasteiger partial charge is 0.165 e. The van der Waals surface area contributed by atoms with Gasteiger partial charge in [0.1, 0.15) is 0 Å². The molecule has 0 bridgehead atoms. The maximum absolute atomic E-state index is 13.9. The molecule has 2 aliphatic rings. The van der Waals surface area contributed by atoms with Crippen LogP contribution in [0.2, 0.25) is 0 Å². The second-order valence-electron chi connectivity index (χ2n) is 7.37. The molecule has 0 unspecified atom stereocenters. The maximum Gasteiger partial charge on any atom is 0.165 e. The van der Waals surface area contributed by atoms with Crippen molar-refractivity contribution in [2.75, 3.05) is 33.3 Å². The number of aryl methyl sites for hydroxylation is 1. The van der Waals surface area contributed by atoms with Crippen LogP contribution >= 0.6 is 0 Å². The van der Waals surface area contributed by atoms with Crippen LogP contribution in [0.25, 0.3) is 0 Å². The van der Waals surface area contributed by atoms with Crippen molar-refractivity contribution in [1.82, 2.24) is 19.6 Å². The fraction of sp³-hybridized carbons (Fsp3) is 0.550.